The number of benzene rings is 1. The molecule has 6 rings (SSSR count). The highest BCUT2D eigenvalue weighted by molar-refractivity contribution is 5.82. The van der Waals surface area contributed by atoms with Crippen molar-refractivity contribution in [3.63, 3.8) is 0 Å². The second-order valence-electron chi connectivity index (χ2n) is 9.84. The lowest BCUT2D eigenvalue weighted by Gasteiger charge is -2.31. The summed E-state index contributed by atoms with van der Waals surface area (Å²) in [5.41, 5.74) is 9.99. The van der Waals surface area contributed by atoms with Gasteiger partial charge in [0.25, 0.3) is 0 Å². The van der Waals surface area contributed by atoms with Gasteiger partial charge in [-0.1, -0.05) is 0 Å². The Morgan fingerprint density at radius 2 is 2.05 bits per heavy atom. The zero-order valence-electron chi connectivity index (χ0n) is 20.7. The largest absolute Gasteiger partial charge is 0.493 e. The van der Waals surface area contributed by atoms with Crippen molar-refractivity contribution in [2.45, 2.75) is 45.6 Å². The first-order chi connectivity index (χ1) is 18.0. The molecule has 0 bridgehead atoms. The summed E-state index contributed by atoms with van der Waals surface area (Å²) in [5.74, 6) is 2.98. The molecule has 3 aromatic heterocycles. The van der Waals surface area contributed by atoms with Crippen LogP contribution in [0.3, 0.4) is 0 Å². The Hall–Kier alpha value is -3.95. The van der Waals surface area contributed by atoms with E-state index in [0.29, 0.717) is 36.7 Å². The molecule has 4 aromatic rings. The number of nitrogens with two attached hydrogens (primary N) is 1. The highest BCUT2D eigenvalue weighted by Crippen LogP contribution is 2.36. The van der Waals surface area contributed by atoms with Gasteiger partial charge in [0.05, 0.1) is 12.9 Å². The molecular formula is C27H29FN6O3. The van der Waals surface area contributed by atoms with Crippen LogP contribution in [0.1, 0.15) is 43.1 Å². The minimum Gasteiger partial charge on any atom is -0.493 e. The van der Waals surface area contributed by atoms with Crippen LogP contribution >= 0.6 is 0 Å². The normalized spacial score (nSPS) is 15.8. The number of piperidine rings is 1. The van der Waals surface area contributed by atoms with E-state index in [-0.39, 0.29) is 11.7 Å². The molecule has 0 radical (unpaired) electrons. The smallest absolute Gasteiger partial charge is 0.312 e. The number of hydrogen-bond donors (Lipinski definition) is 1. The second-order valence-corrected chi connectivity index (χ2v) is 9.84. The van der Waals surface area contributed by atoms with Gasteiger partial charge in [-0.2, -0.15) is 14.4 Å². The van der Waals surface area contributed by atoms with Gasteiger partial charge in [0.1, 0.15) is 17.3 Å². The van der Waals surface area contributed by atoms with Crippen LogP contribution in [0.2, 0.25) is 0 Å². The Morgan fingerprint density at radius 1 is 1.22 bits per heavy atom. The number of nitrogen functional groups attached to an aromatic ring is 1. The molecule has 1 amide bonds. The molecule has 0 saturated carbocycles. The predicted octanol–water partition coefficient (Wildman–Crippen LogP) is 3.98. The first-order valence-corrected chi connectivity index (χ1v) is 12.7. The van der Waals surface area contributed by atoms with Crippen LogP contribution in [-0.4, -0.2) is 50.0 Å². The van der Waals surface area contributed by atoms with Gasteiger partial charge in [-0.3, -0.25) is 4.79 Å². The van der Waals surface area contributed by atoms with Gasteiger partial charge in [-0.25, -0.2) is 4.98 Å². The van der Waals surface area contributed by atoms with E-state index in [1.807, 2.05) is 21.6 Å². The van der Waals surface area contributed by atoms with Crippen molar-refractivity contribution in [3.05, 3.63) is 53.6 Å². The molecule has 1 saturated heterocycles. The fourth-order valence-corrected chi connectivity index (χ4v) is 5.50. The highest BCUT2D eigenvalue weighted by Gasteiger charge is 2.24. The minimum absolute atomic E-state index is 0.0285. The molecule has 192 valence electrons. The van der Waals surface area contributed by atoms with Gasteiger partial charge in [-0.15, -0.1) is 0 Å². The lowest BCUT2D eigenvalue weighted by Crippen LogP contribution is -2.37. The first-order valence-electron chi connectivity index (χ1n) is 12.7. The summed E-state index contributed by atoms with van der Waals surface area (Å²) in [6.07, 6.45) is 4.87. The van der Waals surface area contributed by atoms with Crippen molar-refractivity contribution >= 4 is 22.9 Å². The molecule has 0 unspecified atom stereocenters. The Bertz CT molecular complexity index is 1460. The molecule has 0 atom stereocenters. The summed E-state index contributed by atoms with van der Waals surface area (Å²) in [6, 6.07) is 7.99. The van der Waals surface area contributed by atoms with E-state index in [4.69, 9.17) is 19.9 Å². The van der Waals surface area contributed by atoms with Crippen LogP contribution in [0.25, 0.3) is 22.5 Å². The number of hydrogen-bond acceptors (Lipinski definition) is 7. The van der Waals surface area contributed by atoms with Gasteiger partial charge in [0.15, 0.2) is 17.0 Å². The minimum atomic E-state index is -0.866. The Labute approximate surface area is 213 Å². The van der Waals surface area contributed by atoms with E-state index in [1.54, 1.807) is 13.2 Å². The number of amides is 1. The number of halogens is 1. The van der Waals surface area contributed by atoms with Crippen molar-refractivity contribution in [1.29, 1.82) is 0 Å². The number of carbonyl (C=O) groups excluding carboxylic acids is 1. The van der Waals surface area contributed by atoms with Gasteiger partial charge >= 0.3 is 6.08 Å². The number of nitrogens with zero attached hydrogens (tertiary/aromatic N) is 5. The lowest BCUT2D eigenvalue weighted by atomic mass is 9.93. The van der Waals surface area contributed by atoms with E-state index in [1.165, 1.54) is 0 Å². The molecule has 0 aliphatic carbocycles. The number of aryl methyl sites for hydroxylation is 1. The number of aromatic nitrogens is 4. The van der Waals surface area contributed by atoms with Crippen LogP contribution in [-0.2, 0) is 24.2 Å². The van der Waals surface area contributed by atoms with Gasteiger partial charge in [0, 0.05) is 45.0 Å². The number of carbonyl (C=O) groups is 1. The molecule has 2 aliphatic rings. The van der Waals surface area contributed by atoms with Crippen molar-refractivity contribution in [2.24, 2.45) is 5.92 Å². The maximum atomic E-state index is 14.2. The summed E-state index contributed by atoms with van der Waals surface area (Å²) >= 11 is 0. The third-order valence-electron chi connectivity index (χ3n) is 7.54. The number of furan rings is 1. The lowest BCUT2D eigenvalue weighted by molar-refractivity contribution is -0.130. The fraction of sp³-hybridized carbons (Fsp3) is 0.407. The molecular weight excluding hydrogens is 475 g/mol. The van der Waals surface area contributed by atoms with Crippen LogP contribution in [0.15, 0.2) is 34.9 Å². The average Bonchev–Trinajstić information content (AvgIpc) is 3.63. The van der Waals surface area contributed by atoms with E-state index < -0.39 is 6.08 Å². The Morgan fingerprint density at radius 3 is 2.81 bits per heavy atom. The van der Waals surface area contributed by atoms with E-state index in [0.717, 1.165) is 72.8 Å². The topological polar surface area (TPSA) is 112 Å². The number of ether oxygens (including phenoxy) is 1. The second kappa shape index (κ2) is 9.49. The van der Waals surface area contributed by atoms with Crippen LogP contribution in [0.4, 0.5) is 10.2 Å². The Balaban J connectivity index is 1.35. The summed E-state index contributed by atoms with van der Waals surface area (Å²) in [5, 5.41) is 0. The van der Waals surface area contributed by atoms with E-state index >= 15 is 0 Å². The Kier molecular flexibility index (Phi) is 6.02. The quantitative estimate of drug-likeness (QED) is 0.395. The number of anilines is 1. The molecule has 5 heterocycles. The zero-order valence-corrected chi connectivity index (χ0v) is 20.7. The fourth-order valence-electron chi connectivity index (χ4n) is 5.50. The average molecular weight is 505 g/mol. The molecule has 1 fully saturated rings. The number of likely N-dealkylation sites (tertiary alicyclic amines) is 1. The molecule has 9 nitrogen and oxygen atoms in total. The van der Waals surface area contributed by atoms with E-state index in [9.17, 15) is 9.18 Å². The molecule has 1 aromatic carbocycles. The van der Waals surface area contributed by atoms with Gasteiger partial charge < -0.3 is 24.4 Å². The summed E-state index contributed by atoms with van der Waals surface area (Å²) in [4.78, 5) is 26.1. The number of fused-ring (bicyclic) bond motifs is 2. The number of imidazole rings is 1. The predicted molar refractivity (Wildman–Crippen MR) is 135 cm³/mol. The van der Waals surface area contributed by atoms with Crippen molar-refractivity contribution in [2.75, 3.05) is 25.4 Å². The molecule has 2 aliphatic heterocycles. The van der Waals surface area contributed by atoms with Crippen LogP contribution in [0, 0.1) is 12.0 Å². The zero-order chi connectivity index (χ0) is 25.5. The van der Waals surface area contributed by atoms with Crippen LogP contribution < -0.4 is 10.5 Å². The van der Waals surface area contributed by atoms with E-state index in [2.05, 4.69) is 22.1 Å². The number of rotatable bonds is 6. The third-order valence-corrected chi connectivity index (χ3v) is 7.54. The molecule has 37 heavy (non-hydrogen) atoms. The summed E-state index contributed by atoms with van der Waals surface area (Å²) in [7, 11) is 0. The maximum absolute atomic E-state index is 14.2. The van der Waals surface area contributed by atoms with Crippen molar-refractivity contribution < 1.29 is 18.3 Å². The highest BCUT2D eigenvalue weighted by atomic mass is 19.1. The van der Waals surface area contributed by atoms with Gasteiger partial charge in [-0.05, 0) is 60.6 Å². The standard InChI is InChI=1S/C27H29FN6O3/c1-16(35)33-8-4-17(5-9-33)6-10-34-23(30-24-25(29)31-27(28)32-26(24)34)15-19-14-22-18(7-12-37-22)13-20(19)21-3-2-11-36-21/h2-3,11,13-14,17H,4-10,12,15H2,1H3,(H2,29,31,32). The van der Waals surface area contributed by atoms with Crippen LogP contribution in [0.5, 0.6) is 5.75 Å². The summed E-state index contributed by atoms with van der Waals surface area (Å²) in [6.45, 7) is 4.42. The maximum Gasteiger partial charge on any atom is 0.312 e. The third kappa shape index (κ3) is 4.52. The molecule has 0 spiro atoms. The molecule has 2 N–H and O–H groups in total. The van der Waals surface area contributed by atoms with Crippen molar-refractivity contribution in [3.8, 4) is 17.1 Å². The SMILES string of the molecule is CC(=O)N1CCC(CCn2c(Cc3cc4c(cc3-c3ccco3)CCO4)nc3c(N)nc(F)nc32)CC1. The summed E-state index contributed by atoms with van der Waals surface area (Å²) < 4.78 is 27.8. The monoisotopic (exact) mass is 504 g/mol. The van der Waals surface area contributed by atoms with Gasteiger partial charge in [0.2, 0.25) is 5.91 Å². The first kappa shape index (κ1) is 23.4. The van der Waals surface area contributed by atoms with Crippen molar-refractivity contribution in [1.82, 2.24) is 24.4 Å². The molecule has 10 heteroatoms.